The molecule has 2 aliphatic rings. The van der Waals surface area contributed by atoms with Crippen LogP contribution in [-0.4, -0.2) is 49.4 Å². The summed E-state index contributed by atoms with van der Waals surface area (Å²) in [7, 11) is 0. The van der Waals surface area contributed by atoms with Crippen molar-refractivity contribution in [2.24, 2.45) is 5.92 Å². The molecule has 1 amide bonds. The number of aromatic nitrogens is 4. The van der Waals surface area contributed by atoms with Gasteiger partial charge in [-0.1, -0.05) is 0 Å². The Morgan fingerprint density at radius 2 is 1.81 bits per heavy atom. The van der Waals surface area contributed by atoms with E-state index in [1.54, 1.807) is 42.7 Å². The second kappa shape index (κ2) is 7.68. The maximum atomic E-state index is 14.3. The molecule has 31 heavy (non-hydrogen) atoms. The lowest BCUT2D eigenvalue weighted by Crippen LogP contribution is -2.47. The van der Waals surface area contributed by atoms with Crippen LogP contribution in [0, 0.1) is 25.6 Å². The normalized spacial score (nSPS) is 22.0. The number of fused-ring (bicyclic) bond motifs is 2. The topological polar surface area (TPSA) is 81.1 Å². The fourth-order valence-corrected chi connectivity index (χ4v) is 4.56. The molecule has 4 heterocycles. The molecule has 7 nitrogen and oxygen atoms in total. The highest BCUT2D eigenvalue weighted by molar-refractivity contribution is 5.98. The van der Waals surface area contributed by atoms with E-state index in [2.05, 4.69) is 19.9 Å². The number of carbonyl (C=O) groups excluding carboxylic acids is 1. The van der Waals surface area contributed by atoms with Crippen molar-refractivity contribution in [1.82, 2.24) is 24.8 Å². The van der Waals surface area contributed by atoms with E-state index in [0.717, 1.165) is 24.0 Å². The van der Waals surface area contributed by atoms with Gasteiger partial charge in [0.15, 0.2) is 11.6 Å². The number of aryl methyl sites for hydroxylation is 2. The zero-order valence-electron chi connectivity index (χ0n) is 17.3. The number of nitrogens with zero attached hydrogens (tertiary/aromatic N) is 5. The van der Waals surface area contributed by atoms with Gasteiger partial charge in [0, 0.05) is 31.3 Å². The first kappa shape index (κ1) is 19.5. The number of likely N-dealkylation sites (tertiary alicyclic amines) is 1. The summed E-state index contributed by atoms with van der Waals surface area (Å²) in [6.07, 6.45) is 7.85. The molecular weight excluding hydrogens is 397 g/mol. The molecule has 0 spiro atoms. The summed E-state index contributed by atoms with van der Waals surface area (Å²) in [6, 6.07) is 4.87. The van der Waals surface area contributed by atoms with Crippen molar-refractivity contribution >= 4 is 5.91 Å². The summed E-state index contributed by atoms with van der Waals surface area (Å²) < 4.78 is 20.2. The fourth-order valence-electron chi connectivity index (χ4n) is 4.56. The molecule has 5 rings (SSSR count). The molecule has 3 aromatic heterocycles. The van der Waals surface area contributed by atoms with E-state index in [1.807, 2.05) is 13.0 Å². The third-order valence-electron chi connectivity index (χ3n) is 5.93. The van der Waals surface area contributed by atoms with E-state index < -0.39 is 5.82 Å². The minimum Gasteiger partial charge on any atom is -0.470 e. The third-order valence-corrected chi connectivity index (χ3v) is 5.93. The minimum absolute atomic E-state index is 0.0117. The van der Waals surface area contributed by atoms with E-state index in [1.165, 1.54) is 6.07 Å². The number of hydrogen-bond donors (Lipinski definition) is 0. The molecule has 3 aromatic rings. The van der Waals surface area contributed by atoms with Crippen LogP contribution in [0.2, 0.25) is 0 Å². The van der Waals surface area contributed by atoms with Crippen molar-refractivity contribution in [2.45, 2.75) is 38.8 Å². The standard InChI is InChI=1S/C23H22FN5O2/c1-13-6-16(21-25-4-3-5-26-21)20(27-10-13)23(30)29-12-15-8-18(29)19(9-15)31-22-17(24)7-14(2)11-28-22/h3-7,10-11,15,18-19H,8-9,12H2,1-2H3. The summed E-state index contributed by atoms with van der Waals surface area (Å²) in [4.78, 5) is 32.4. The highest BCUT2D eigenvalue weighted by Gasteiger charge is 2.49. The zero-order chi connectivity index (χ0) is 21.5. The lowest BCUT2D eigenvalue weighted by molar-refractivity contribution is 0.0451. The largest absolute Gasteiger partial charge is 0.470 e. The van der Waals surface area contributed by atoms with Crippen LogP contribution in [0.5, 0.6) is 5.88 Å². The summed E-state index contributed by atoms with van der Waals surface area (Å²) in [5.74, 6) is 0.104. The van der Waals surface area contributed by atoms with Gasteiger partial charge < -0.3 is 9.64 Å². The number of ether oxygens (including phenoxy) is 1. The summed E-state index contributed by atoms with van der Waals surface area (Å²) in [6.45, 7) is 4.33. The molecular formula is C23H22FN5O2. The summed E-state index contributed by atoms with van der Waals surface area (Å²) >= 11 is 0. The van der Waals surface area contributed by atoms with Crippen LogP contribution >= 0.6 is 0 Å². The lowest BCUT2D eigenvalue weighted by atomic mass is 10.1. The Labute approximate surface area is 179 Å². The van der Waals surface area contributed by atoms with Gasteiger partial charge in [-0.2, -0.15) is 0 Å². The van der Waals surface area contributed by atoms with E-state index in [4.69, 9.17) is 4.74 Å². The highest BCUT2D eigenvalue weighted by atomic mass is 19.1. The molecule has 1 saturated carbocycles. The number of piperidine rings is 1. The molecule has 2 bridgehead atoms. The summed E-state index contributed by atoms with van der Waals surface area (Å²) in [5, 5.41) is 0. The number of pyridine rings is 2. The smallest absolute Gasteiger partial charge is 0.273 e. The Hall–Kier alpha value is -3.42. The van der Waals surface area contributed by atoms with Gasteiger partial charge in [-0.05, 0) is 61.9 Å². The van der Waals surface area contributed by atoms with Crippen molar-refractivity contribution in [1.29, 1.82) is 0 Å². The highest BCUT2D eigenvalue weighted by Crippen LogP contribution is 2.41. The minimum atomic E-state index is -0.482. The number of rotatable bonds is 4. The van der Waals surface area contributed by atoms with Gasteiger partial charge in [-0.15, -0.1) is 0 Å². The average Bonchev–Trinajstić information content (AvgIpc) is 3.36. The van der Waals surface area contributed by atoms with Gasteiger partial charge in [0.1, 0.15) is 11.8 Å². The van der Waals surface area contributed by atoms with Crippen molar-refractivity contribution in [3.63, 3.8) is 0 Å². The number of halogens is 1. The van der Waals surface area contributed by atoms with Gasteiger partial charge >= 0.3 is 0 Å². The molecule has 158 valence electrons. The molecule has 8 heteroatoms. The number of carbonyl (C=O) groups is 1. The van der Waals surface area contributed by atoms with Crippen LogP contribution in [0.25, 0.3) is 11.4 Å². The van der Waals surface area contributed by atoms with Gasteiger partial charge in [-0.3, -0.25) is 9.78 Å². The maximum Gasteiger partial charge on any atom is 0.273 e. The quantitative estimate of drug-likeness (QED) is 0.645. The number of hydrogen-bond acceptors (Lipinski definition) is 6. The molecule has 3 atom stereocenters. The SMILES string of the molecule is Cc1cnc(OC2CC3CC2N(C(=O)c2ncc(C)cc2-c2ncccn2)C3)c(F)c1. The third kappa shape index (κ3) is 3.62. The predicted molar refractivity (Wildman–Crippen MR) is 111 cm³/mol. The first-order valence-corrected chi connectivity index (χ1v) is 10.3. The molecule has 2 fully saturated rings. The van der Waals surface area contributed by atoms with Crippen LogP contribution < -0.4 is 4.74 Å². The van der Waals surface area contributed by atoms with Crippen LogP contribution in [0.15, 0.2) is 43.0 Å². The van der Waals surface area contributed by atoms with E-state index in [9.17, 15) is 9.18 Å². The molecule has 1 aliphatic heterocycles. The van der Waals surface area contributed by atoms with Crippen molar-refractivity contribution in [3.05, 3.63) is 65.6 Å². The van der Waals surface area contributed by atoms with E-state index in [-0.39, 0.29) is 23.9 Å². The van der Waals surface area contributed by atoms with Crippen molar-refractivity contribution < 1.29 is 13.9 Å². The average molecular weight is 419 g/mol. The van der Waals surface area contributed by atoms with Crippen LogP contribution in [-0.2, 0) is 0 Å². The Morgan fingerprint density at radius 3 is 2.55 bits per heavy atom. The van der Waals surface area contributed by atoms with E-state index in [0.29, 0.717) is 29.5 Å². The first-order chi connectivity index (χ1) is 15.0. The Kier molecular flexibility index (Phi) is 4.84. The number of amides is 1. The molecule has 3 unspecified atom stereocenters. The second-order valence-corrected chi connectivity index (χ2v) is 8.30. The van der Waals surface area contributed by atoms with Gasteiger partial charge in [0.2, 0.25) is 0 Å². The predicted octanol–water partition coefficient (Wildman–Crippen LogP) is 3.37. The van der Waals surface area contributed by atoms with Crippen LogP contribution in [0.3, 0.4) is 0 Å². The van der Waals surface area contributed by atoms with Crippen molar-refractivity contribution in [2.75, 3.05) is 6.54 Å². The fraction of sp³-hybridized carbons (Fsp3) is 0.348. The Balaban J connectivity index is 1.42. The van der Waals surface area contributed by atoms with Gasteiger partial charge in [0.25, 0.3) is 11.8 Å². The van der Waals surface area contributed by atoms with E-state index >= 15 is 0 Å². The molecule has 0 aromatic carbocycles. The zero-order valence-corrected chi connectivity index (χ0v) is 17.3. The second-order valence-electron chi connectivity index (χ2n) is 8.30. The molecule has 0 radical (unpaired) electrons. The molecule has 1 aliphatic carbocycles. The Bertz CT molecular complexity index is 1140. The van der Waals surface area contributed by atoms with Crippen molar-refractivity contribution in [3.8, 4) is 17.3 Å². The Morgan fingerprint density at radius 1 is 1.06 bits per heavy atom. The molecule has 0 N–H and O–H groups in total. The van der Waals surface area contributed by atoms with Crippen LogP contribution in [0.4, 0.5) is 4.39 Å². The van der Waals surface area contributed by atoms with Gasteiger partial charge in [-0.25, -0.2) is 19.3 Å². The lowest BCUT2D eigenvalue weighted by Gasteiger charge is -2.33. The van der Waals surface area contributed by atoms with Crippen LogP contribution in [0.1, 0.15) is 34.5 Å². The summed E-state index contributed by atoms with van der Waals surface area (Å²) in [5.41, 5.74) is 2.58. The first-order valence-electron chi connectivity index (χ1n) is 10.3. The molecule has 1 saturated heterocycles. The maximum absolute atomic E-state index is 14.3. The monoisotopic (exact) mass is 419 g/mol. The van der Waals surface area contributed by atoms with Gasteiger partial charge in [0.05, 0.1) is 11.6 Å².